The number of nitrogens with zero attached hydrogens (tertiary/aromatic N) is 10. The number of hydrogen-bond acceptors (Lipinski definition) is 10. The molecule has 0 amide bonds. The van der Waals surface area contributed by atoms with Gasteiger partial charge in [-0.05, 0) is 168 Å². The minimum Gasteiger partial charge on any atom is -0.233 e. The molecule has 0 atom stereocenters. The number of fused-ring (bicyclic) bond motifs is 6. The third kappa shape index (κ3) is 17.7. The van der Waals surface area contributed by atoms with Crippen molar-refractivity contribution in [2.45, 2.75) is 34.6 Å². The highest BCUT2D eigenvalue weighted by Crippen LogP contribution is 2.37. The first kappa shape index (κ1) is 65.8. The first-order chi connectivity index (χ1) is 62.3. The first-order valence-electron chi connectivity index (χ1n) is 43.7. The van der Waals surface area contributed by atoms with Crippen molar-refractivity contribution in [3.05, 3.63) is 435 Å². The van der Waals surface area contributed by atoms with Crippen LogP contribution in [0.1, 0.15) is 41.5 Å². The zero-order chi connectivity index (χ0) is 88.6. The van der Waals surface area contributed by atoms with Gasteiger partial charge in [-0.2, -0.15) is 0 Å². The molecule has 0 spiro atoms. The monoisotopic (exact) mass is 1540 g/mol. The highest BCUT2D eigenvalue weighted by molar-refractivity contribution is 6.00. The van der Waals surface area contributed by atoms with Gasteiger partial charge in [-0.15, -0.1) is 0 Å². The third-order valence-electron chi connectivity index (χ3n) is 19.9. The molecule has 16 aromatic carbocycles. The Morgan fingerprint density at radius 1 is 0.160 bits per heavy atom. The van der Waals surface area contributed by atoms with Gasteiger partial charge in [0, 0.05) is 54.7 Å². The SMILES string of the molecule is [2H]c1c(-c2ccc3ccccc3c2)c([2H])c2c(-c3ccccc3)nc(C)nc2c1[2H].[2H]c1c(-c2ccccc2)c([2H])c2c(-c3ccccc3)nc(C)nc2c1[2H].[2H]c1c(-c2ccccc2)ccc2nc(C)nc(-c3ccccc3)c12.[2H]c1cc(-c2ccccc2)cc2c(-c3ccccc3)nc(C)nc12.[2H]c1cc2nc(C)nc(-c3ccccc3)c2cc1-c1ccccc1. The van der Waals surface area contributed by atoms with Gasteiger partial charge in [0.05, 0.1) is 68.4 Å². The average molecular weight is 1540 g/mol. The van der Waals surface area contributed by atoms with E-state index in [4.69, 9.17) is 12.3 Å². The second-order valence-corrected chi connectivity index (χ2v) is 28.3. The highest BCUT2D eigenvalue weighted by Gasteiger charge is 2.17. The summed E-state index contributed by atoms with van der Waals surface area (Å²) in [4.78, 5) is 45.5. The lowest BCUT2D eigenvalue weighted by Gasteiger charge is -2.10. The van der Waals surface area contributed by atoms with Crippen LogP contribution in [-0.2, 0) is 0 Å². The minimum atomic E-state index is 0.0138. The minimum absolute atomic E-state index is 0.0138. The molecule has 568 valence electrons. The van der Waals surface area contributed by atoms with Gasteiger partial charge >= 0.3 is 0 Å². The van der Waals surface area contributed by atoms with E-state index in [0.717, 1.165) is 127 Å². The summed E-state index contributed by atoms with van der Waals surface area (Å²) in [6, 6.07) is 116. The van der Waals surface area contributed by atoms with Crippen LogP contribution < -0.4 is 0 Å². The van der Waals surface area contributed by atoms with E-state index >= 15 is 0 Å². The Morgan fingerprint density at radius 2 is 0.429 bits per heavy atom. The van der Waals surface area contributed by atoms with Gasteiger partial charge in [-0.3, -0.25) is 0 Å². The van der Waals surface area contributed by atoms with Crippen LogP contribution in [0.4, 0.5) is 0 Å². The van der Waals surface area contributed by atoms with Crippen molar-refractivity contribution >= 4 is 65.3 Å². The van der Waals surface area contributed by atoms with Crippen LogP contribution in [0.25, 0.3) is 177 Å². The van der Waals surface area contributed by atoms with Crippen LogP contribution in [0, 0.1) is 34.6 Å². The Morgan fingerprint density at radius 3 is 0.840 bits per heavy atom. The molecule has 10 heteroatoms. The van der Waals surface area contributed by atoms with Gasteiger partial charge in [-0.1, -0.05) is 340 Å². The Kier molecular flexibility index (Phi) is 19.6. The number of hydrogen-bond donors (Lipinski definition) is 0. The van der Waals surface area contributed by atoms with Crippen molar-refractivity contribution in [3.8, 4) is 112 Å². The van der Waals surface area contributed by atoms with E-state index in [1.807, 2.05) is 342 Å². The van der Waals surface area contributed by atoms with Crippen molar-refractivity contribution in [1.82, 2.24) is 49.8 Å². The smallest absolute Gasteiger partial charge is 0.126 e. The molecular weight excluding hydrogens is 1450 g/mol. The van der Waals surface area contributed by atoms with Gasteiger partial charge < -0.3 is 0 Å². The first-order valence-corrected chi connectivity index (χ1v) is 39.2. The molecule has 0 fully saturated rings. The van der Waals surface area contributed by atoms with E-state index < -0.39 is 0 Å². The zero-order valence-electron chi connectivity index (χ0n) is 75.0. The molecule has 0 aliphatic heterocycles. The lowest BCUT2D eigenvalue weighted by atomic mass is 9.98. The second-order valence-electron chi connectivity index (χ2n) is 28.3. The molecule has 21 aromatic rings. The maximum atomic E-state index is 9.00. The lowest BCUT2D eigenvalue weighted by Crippen LogP contribution is -1.94. The van der Waals surface area contributed by atoms with Crippen LogP contribution in [-0.4, -0.2) is 49.8 Å². The fraction of sp³-hybridized carbons (Fsp3) is 0.0459. The van der Waals surface area contributed by atoms with Gasteiger partial charge in [-0.25, -0.2) is 49.8 Å². The molecule has 5 aromatic heterocycles. The van der Waals surface area contributed by atoms with Crippen LogP contribution in [0.2, 0.25) is 0 Å². The average Bonchev–Trinajstić information content (AvgIpc) is 0.739. The summed E-state index contributed by atoms with van der Waals surface area (Å²) < 4.78 is 77.5. The topological polar surface area (TPSA) is 129 Å². The zero-order valence-corrected chi connectivity index (χ0v) is 66.0. The highest BCUT2D eigenvalue weighted by atomic mass is 14.9. The maximum absolute atomic E-state index is 9.00. The predicted molar refractivity (Wildman–Crippen MR) is 493 cm³/mol. The fourth-order valence-corrected chi connectivity index (χ4v) is 14.3. The van der Waals surface area contributed by atoms with E-state index in [-0.39, 0.29) is 36.3 Å². The number of benzene rings is 16. The molecule has 0 saturated carbocycles. The van der Waals surface area contributed by atoms with Crippen molar-refractivity contribution in [3.63, 3.8) is 0 Å². The van der Waals surface area contributed by atoms with Gasteiger partial charge in [0.1, 0.15) is 29.1 Å². The lowest BCUT2D eigenvalue weighted by molar-refractivity contribution is 1.10. The Hall–Kier alpha value is -15.5. The van der Waals surface area contributed by atoms with Gasteiger partial charge in [0.2, 0.25) is 0 Å². The molecule has 0 N–H and O–H groups in total. The van der Waals surface area contributed by atoms with E-state index in [2.05, 4.69) is 80.2 Å². The molecule has 5 heterocycles. The number of aromatic nitrogens is 10. The van der Waals surface area contributed by atoms with E-state index in [1.54, 1.807) is 13.8 Å². The summed E-state index contributed by atoms with van der Waals surface area (Å²) in [5.41, 5.74) is 20.0. The second kappa shape index (κ2) is 35.5. The third-order valence-corrected chi connectivity index (χ3v) is 19.9. The van der Waals surface area contributed by atoms with E-state index in [9.17, 15) is 0 Å². The summed E-state index contributed by atoms with van der Waals surface area (Å²) in [5, 5.41) is 5.84. The summed E-state index contributed by atoms with van der Waals surface area (Å²) in [6.07, 6.45) is 0. The molecule has 119 heavy (non-hydrogen) atoms. The van der Waals surface area contributed by atoms with E-state index in [1.165, 1.54) is 0 Å². The van der Waals surface area contributed by atoms with Crippen molar-refractivity contribution in [2.75, 3.05) is 0 Å². The Labute approximate surface area is 705 Å². The molecule has 21 rings (SSSR count). The quantitative estimate of drug-likeness (QED) is 0.130. The number of rotatable bonds is 10. The molecule has 0 unspecified atom stereocenters. The normalized spacial score (nSPS) is 12.0. The summed E-state index contributed by atoms with van der Waals surface area (Å²) in [7, 11) is 0. The summed E-state index contributed by atoms with van der Waals surface area (Å²) >= 11 is 0. The molecular formula is C109H82N10. The van der Waals surface area contributed by atoms with Crippen LogP contribution in [0.5, 0.6) is 0 Å². The summed E-state index contributed by atoms with van der Waals surface area (Å²) in [5.74, 6) is 3.16. The Balaban J connectivity index is 0.000000113. The molecule has 0 bridgehead atoms. The van der Waals surface area contributed by atoms with E-state index in [0.29, 0.717) is 97.1 Å². The maximum Gasteiger partial charge on any atom is 0.126 e. The Bertz CT molecular complexity index is 7650. The fourth-order valence-electron chi connectivity index (χ4n) is 14.3. The largest absolute Gasteiger partial charge is 0.233 e. The standard InChI is InChI=1S/C25H18N2.4C21H16N2/c1-17-26-24-14-13-22(21-12-11-18-7-5-6-10-20(18)15-21)16-23(24)25(27-17)19-8-3-2-4-9-19;4*1-15-22-20-13-12-18(16-8-4-2-5-9-16)14-19(20)21(23-15)17-10-6-3-7-11-17/h2-16H,1H3;4*2-14H,1H3/i13D,14D,16D;12D,13D,14D;14D;13D;12D. The predicted octanol–water partition coefficient (Wildman–Crippen LogP) is 27.5. The van der Waals surface area contributed by atoms with Crippen molar-refractivity contribution < 1.29 is 12.3 Å². The van der Waals surface area contributed by atoms with Crippen LogP contribution in [0.3, 0.4) is 0 Å². The van der Waals surface area contributed by atoms with Gasteiger partial charge in [0.15, 0.2) is 0 Å². The molecule has 0 aliphatic carbocycles. The molecule has 0 aliphatic rings. The number of aryl methyl sites for hydroxylation is 5. The van der Waals surface area contributed by atoms with Crippen LogP contribution >= 0.6 is 0 Å². The molecule has 10 nitrogen and oxygen atoms in total. The summed E-state index contributed by atoms with van der Waals surface area (Å²) in [6.45, 7) is 9.19. The molecule has 0 saturated heterocycles. The van der Waals surface area contributed by atoms with Crippen molar-refractivity contribution in [2.24, 2.45) is 0 Å². The van der Waals surface area contributed by atoms with Crippen LogP contribution in [0.15, 0.2) is 406 Å². The molecule has 0 radical (unpaired) electrons. The van der Waals surface area contributed by atoms with Gasteiger partial charge in [0.25, 0.3) is 0 Å². The van der Waals surface area contributed by atoms with Crippen molar-refractivity contribution in [1.29, 1.82) is 0 Å².